The molecule has 52 heavy (non-hydrogen) atoms. The van der Waals surface area contributed by atoms with Crippen molar-refractivity contribution in [1.82, 2.24) is 9.97 Å². The smallest absolute Gasteiger partial charge is 0.124 e. The number of rotatable bonds is 6. The first-order chi connectivity index (χ1) is 26.7. The average Bonchev–Trinajstić information content (AvgIpc) is 3.61. The van der Waals surface area contributed by atoms with Gasteiger partial charge in [-0.15, -0.1) is 54.1 Å². The number of aryl methyl sites for hydroxylation is 3. The summed E-state index contributed by atoms with van der Waals surface area (Å²) in [5, 5.41) is 2.27. The first kappa shape index (κ1) is 31.2. The normalized spacial score (nSPS) is 16.9. The Balaban J connectivity index is 0.000000178. The van der Waals surface area contributed by atoms with E-state index < -0.39 is 12.7 Å². The summed E-state index contributed by atoms with van der Waals surface area (Å²) in [6.07, 6.45) is 15.1. The minimum absolute atomic E-state index is 0. The molecule has 3 heterocycles. The molecule has 0 amide bonds. The van der Waals surface area contributed by atoms with Crippen LogP contribution in [0.25, 0.3) is 44.5 Å². The quantitative estimate of drug-likeness (QED) is 0.156. The molecule has 1 atom stereocenters. The van der Waals surface area contributed by atoms with E-state index in [9.17, 15) is 0 Å². The van der Waals surface area contributed by atoms with Crippen LogP contribution in [0.1, 0.15) is 96.6 Å². The van der Waals surface area contributed by atoms with Gasteiger partial charge in [0, 0.05) is 49.3 Å². The van der Waals surface area contributed by atoms with Gasteiger partial charge in [-0.1, -0.05) is 110 Å². The third-order valence-electron chi connectivity index (χ3n) is 10.8. The van der Waals surface area contributed by atoms with Crippen molar-refractivity contribution in [1.29, 1.82) is 0 Å². The van der Waals surface area contributed by atoms with E-state index in [1.54, 1.807) is 12.4 Å². The molecule has 9 rings (SSSR count). The summed E-state index contributed by atoms with van der Waals surface area (Å²) in [5.41, 5.74) is 11.2. The van der Waals surface area contributed by atoms with Crippen molar-refractivity contribution in [3.63, 3.8) is 0 Å². The van der Waals surface area contributed by atoms with Crippen LogP contribution in [0, 0.1) is 24.9 Å². The monoisotopic (exact) mass is 863 g/mol. The van der Waals surface area contributed by atoms with E-state index in [2.05, 4.69) is 40.3 Å². The van der Waals surface area contributed by atoms with Crippen LogP contribution in [0.15, 0.2) is 114 Å². The summed E-state index contributed by atoms with van der Waals surface area (Å²) in [7, 11) is 0. The number of fused-ring (bicyclic) bond motifs is 5. The zero-order valence-corrected chi connectivity index (χ0v) is 32.1. The molecular formula is C48H46IrN2O-2. The van der Waals surface area contributed by atoms with Gasteiger partial charge in [0.1, 0.15) is 5.58 Å². The Labute approximate surface area is 327 Å². The van der Waals surface area contributed by atoms with E-state index in [1.165, 1.54) is 61.5 Å². The van der Waals surface area contributed by atoms with Crippen molar-refractivity contribution in [2.24, 2.45) is 5.92 Å². The van der Waals surface area contributed by atoms with E-state index in [0.717, 1.165) is 75.0 Å². The van der Waals surface area contributed by atoms with Crippen LogP contribution in [0.4, 0.5) is 0 Å². The maximum atomic E-state index is 9.06. The summed E-state index contributed by atoms with van der Waals surface area (Å²) in [5.74, 6) is -0.278. The predicted octanol–water partition coefficient (Wildman–Crippen LogP) is 12.5. The number of nitrogens with zero attached hydrogens (tertiary/aromatic N) is 2. The third-order valence-corrected chi connectivity index (χ3v) is 10.8. The summed E-state index contributed by atoms with van der Waals surface area (Å²) in [6, 6.07) is 38.6. The third kappa shape index (κ3) is 7.70. The first-order valence-electron chi connectivity index (χ1n) is 20.5. The van der Waals surface area contributed by atoms with Crippen molar-refractivity contribution >= 4 is 21.9 Å². The van der Waals surface area contributed by atoms with Crippen molar-refractivity contribution < 1.29 is 30.0 Å². The minimum atomic E-state index is -2.10. The van der Waals surface area contributed by atoms with Gasteiger partial charge >= 0.3 is 0 Å². The number of aromatic nitrogens is 2. The Morgan fingerprint density at radius 1 is 0.788 bits per heavy atom. The molecule has 0 spiro atoms. The molecular weight excluding hydrogens is 813 g/mol. The van der Waals surface area contributed by atoms with Gasteiger partial charge in [-0.2, -0.15) is 0 Å². The second-order valence-corrected chi connectivity index (χ2v) is 14.1. The van der Waals surface area contributed by atoms with Crippen LogP contribution in [-0.4, -0.2) is 9.97 Å². The standard InChI is InChI=1S/C29H24NO.C19H22N.Ir/c1-19(20-8-3-2-4-9-20)22-16-17-30-27(18-22)26-13-7-12-24-25-15-14-21-10-5-6-11-23(21)28(25)31-29(24)26;1-15-14-20-19(17-10-6-3-7-11-17)13-18(15)12-16-8-4-2-5-9-16;/h2-4,7-9,12,14-19H,5-6,10-11H2,1H3;3,6-7,10,13-14,16H,2,4-5,8-9,12H2,1H3;/q2*-1;/i19D;1D3;. The fraction of sp³-hybridized carbons (Fsp3) is 0.292. The van der Waals surface area contributed by atoms with Gasteiger partial charge < -0.3 is 14.4 Å². The van der Waals surface area contributed by atoms with Crippen LogP contribution < -0.4 is 0 Å². The molecule has 7 aromatic rings. The van der Waals surface area contributed by atoms with Gasteiger partial charge in [-0.05, 0) is 90.1 Å². The molecule has 0 bridgehead atoms. The second-order valence-electron chi connectivity index (χ2n) is 14.1. The van der Waals surface area contributed by atoms with Gasteiger partial charge in [0.2, 0.25) is 0 Å². The van der Waals surface area contributed by atoms with E-state index in [4.69, 9.17) is 9.90 Å². The number of hydrogen-bond donors (Lipinski definition) is 0. The molecule has 265 valence electrons. The van der Waals surface area contributed by atoms with E-state index in [1.807, 2.05) is 85.8 Å². The Morgan fingerprint density at radius 3 is 2.44 bits per heavy atom. The van der Waals surface area contributed by atoms with Crippen molar-refractivity contribution in [2.45, 2.75) is 83.9 Å². The maximum absolute atomic E-state index is 9.06. The maximum Gasteiger partial charge on any atom is 0.124 e. The molecule has 4 aromatic carbocycles. The van der Waals surface area contributed by atoms with Crippen LogP contribution in [0.5, 0.6) is 0 Å². The molecule has 3 aromatic heterocycles. The topological polar surface area (TPSA) is 38.9 Å². The molecule has 2 aliphatic carbocycles. The Hall–Kier alpha value is -4.37. The second kappa shape index (κ2) is 16.5. The van der Waals surface area contributed by atoms with Crippen molar-refractivity contribution in [3.8, 4) is 22.5 Å². The van der Waals surface area contributed by atoms with E-state index >= 15 is 0 Å². The van der Waals surface area contributed by atoms with Gasteiger partial charge in [0.05, 0.1) is 5.58 Å². The zero-order valence-electron chi connectivity index (χ0n) is 33.7. The van der Waals surface area contributed by atoms with Crippen LogP contribution >= 0.6 is 0 Å². The SMILES string of the molecule is [2H]C(C)(c1ccccc1)c1ccnc(-c2[c-]ccc3c2oc2c4c(ccc23)CCCC4)c1.[2H]C([2H])([2H])c1cnc(-c2[c-]cccc2)cc1CC1CCCCC1.[Ir]. The Morgan fingerprint density at radius 2 is 1.62 bits per heavy atom. The summed E-state index contributed by atoms with van der Waals surface area (Å²) in [4.78, 5) is 9.03. The molecule has 4 heteroatoms. The zero-order chi connectivity index (χ0) is 38.0. The van der Waals surface area contributed by atoms with Crippen molar-refractivity contribution in [3.05, 3.63) is 155 Å². The molecule has 1 saturated carbocycles. The van der Waals surface area contributed by atoms with Gasteiger partial charge in [-0.25, -0.2) is 0 Å². The number of benzene rings is 4. The molecule has 0 aliphatic heterocycles. The van der Waals surface area contributed by atoms with Gasteiger partial charge in [0.25, 0.3) is 0 Å². The van der Waals surface area contributed by atoms with Crippen molar-refractivity contribution in [2.75, 3.05) is 0 Å². The van der Waals surface area contributed by atoms with Crippen LogP contribution in [-0.2, 0) is 39.4 Å². The fourth-order valence-electron chi connectivity index (χ4n) is 7.94. The van der Waals surface area contributed by atoms with E-state index in [0.29, 0.717) is 11.5 Å². The minimum Gasteiger partial charge on any atom is -0.500 e. The molecule has 0 saturated heterocycles. The first-order valence-corrected chi connectivity index (χ1v) is 18.5. The average molecular weight is 863 g/mol. The van der Waals surface area contributed by atoms with Gasteiger partial charge in [-0.3, -0.25) is 0 Å². The molecule has 2 aliphatic rings. The molecule has 0 N–H and O–H groups in total. The number of furan rings is 1. The molecule has 1 radical (unpaired) electrons. The summed E-state index contributed by atoms with van der Waals surface area (Å²) < 4.78 is 39.0. The van der Waals surface area contributed by atoms with Crippen LogP contribution in [0.2, 0.25) is 0 Å². The molecule has 3 nitrogen and oxygen atoms in total. The molecule has 1 unspecified atom stereocenters. The van der Waals surface area contributed by atoms with Crippen LogP contribution in [0.3, 0.4) is 0 Å². The van der Waals surface area contributed by atoms with Gasteiger partial charge in [0.15, 0.2) is 0 Å². The largest absolute Gasteiger partial charge is 0.500 e. The fourth-order valence-corrected chi connectivity index (χ4v) is 7.94. The Bertz CT molecular complexity index is 2420. The summed E-state index contributed by atoms with van der Waals surface area (Å²) in [6.45, 7) is -0.171. The van der Waals surface area contributed by atoms with E-state index in [-0.39, 0.29) is 20.1 Å². The Kier molecular flexibility index (Phi) is 9.91. The molecule has 1 fully saturated rings. The number of hydrogen-bond acceptors (Lipinski definition) is 3. The summed E-state index contributed by atoms with van der Waals surface area (Å²) >= 11 is 0. The number of pyridine rings is 2. The predicted molar refractivity (Wildman–Crippen MR) is 210 cm³/mol.